The lowest BCUT2D eigenvalue weighted by atomic mass is 9.89. The second-order valence-electron chi connectivity index (χ2n) is 6.56. The summed E-state index contributed by atoms with van der Waals surface area (Å²) in [5.41, 5.74) is -1.02. The number of rotatable bonds is 7. The molecule has 0 aliphatic carbocycles. The molecule has 0 aliphatic rings. The monoisotopic (exact) mass is 454 g/mol. The number of aromatic amines is 1. The summed E-state index contributed by atoms with van der Waals surface area (Å²) in [7, 11) is 1.27. The Kier molecular flexibility index (Phi) is 6.56. The van der Waals surface area contributed by atoms with Crippen molar-refractivity contribution in [1.29, 1.82) is 0 Å². The van der Waals surface area contributed by atoms with Crippen molar-refractivity contribution in [2.45, 2.75) is 18.7 Å². The summed E-state index contributed by atoms with van der Waals surface area (Å²) in [6, 6.07) is 7.45. The van der Waals surface area contributed by atoms with Crippen LogP contribution in [0, 0.1) is 11.6 Å². The Bertz CT molecular complexity index is 1190. The first kappa shape index (κ1) is 22.9. The van der Waals surface area contributed by atoms with E-state index in [4.69, 9.17) is 4.74 Å². The number of H-pyrrole nitrogens is 1. The minimum absolute atomic E-state index is 0.0150. The number of ether oxygens (including phenoxy) is 2. The number of pyridine rings is 2. The van der Waals surface area contributed by atoms with Gasteiger partial charge in [-0.05, 0) is 42.0 Å². The molecule has 11 heteroatoms. The number of Topliss-reactive ketones (excluding diaryl/α,β-unsaturated/α-hetero) is 1. The molecule has 32 heavy (non-hydrogen) atoms. The van der Waals surface area contributed by atoms with Crippen LogP contribution in [0.25, 0.3) is 0 Å². The molecule has 168 valence electrons. The molecule has 0 unspecified atom stereocenters. The number of nitrogens with one attached hydrogen (secondary N) is 1. The number of aromatic nitrogens is 2. The maximum absolute atomic E-state index is 14.4. The number of benzene rings is 1. The number of methoxy groups -OCH3 is 1. The van der Waals surface area contributed by atoms with Crippen molar-refractivity contribution in [3.8, 4) is 11.5 Å². The van der Waals surface area contributed by atoms with Crippen molar-refractivity contribution in [2.75, 3.05) is 7.11 Å². The first-order valence-electron chi connectivity index (χ1n) is 9.05. The second kappa shape index (κ2) is 9.16. The minimum Gasteiger partial charge on any atom is -0.491 e. The van der Waals surface area contributed by atoms with Gasteiger partial charge in [-0.3, -0.25) is 14.6 Å². The SMILES string of the molecule is COc1ccc(C(=O)C[C@@H](c2ccc(OC(F)(F)F)c(F)c2)c2ncccc2F)[nH]c1=O. The Balaban J connectivity index is 1.99. The number of nitrogens with zero attached hydrogens (tertiary/aromatic N) is 1. The van der Waals surface area contributed by atoms with E-state index >= 15 is 0 Å². The quantitative estimate of drug-likeness (QED) is 0.424. The van der Waals surface area contributed by atoms with E-state index < -0.39 is 47.4 Å². The van der Waals surface area contributed by atoms with Crippen LogP contribution in [0.4, 0.5) is 22.0 Å². The van der Waals surface area contributed by atoms with Crippen molar-refractivity contribution in [2.24, 2.45) is 0 Å². The van der Waals surface area contributed by atoms with Gasteiger partial charge in [-0.2, -0.15) is 0 Å². The molecule has 2 heterocycles. The van der Waals surface area contributed by atoms with E-state index in [0.717, 1.165) is 18.2 Å². The molecule has 2 aromatic heterocycles. The van der Waals surface area contributed by atoms with Crippen molar-refractivity contribution in [1.82, 2.24) is 9.97 Å². The molecule has 0 spiro atoms. The summed E-state index contributed by atoms with van der Waals surface area (Å²) in [6.45, 7) is 0. The van der Waals surface area contributed by atoms with Crippen LogP contribution in [0.2, 0.25) is 0 Å². The minimum atomic E-state index is -5.11. The van der Waals surface area contributed by atoms with Crippen LogP contribution >= 0.6 is 0 Å². The highest BCUT2D eigenvalue weighted by Crippen LogP contribution is 2.33. The lowest BCUT2D eigenvalue weighted by Crippen LogP contribution is -2.19. The second-order valence-corrected chi connectivity index (χ2v) is 6.56. The predicted octanol–water partition coefficient (Wildman–Crippen LogP) is 4.36. The third-order valence-electron chi connectivity index (χ3n) is 4.48. The van der Waals surface area contributed by atoms with Crippen LogP contribution < -0.4 is 15.0 Å². The van der Waals surface area contributed by atoms with Gasteiger partial charge >= 0.3 is 6.36 Å². The summed E-state index contributed by atoms with van der Waals surface area (Å²) in [4.78, 5) is 30.9. The molecule has 1 N–H and O–H groups in total. The molecule has 0 saturated heterocycles. The number of halogens is 5. The zero-order chi connectivity index (χ0) is 23.5. The molecule has 1 aromatic carbocycles. The van der Waals surface area contributed by atoms with E-state index in [0.29, 0.717) is 6.07 Å². The van der Waals surface area contributed by atoms with Gasteiger partial charge in [0.1, 0.15) is 5.82 Å². The molecule has 0 bridgehead atoms. The molecule has 0 radical (unpaired) electrons. The number of carbonyl (C=O) groups excluding carboxylic acids is 1. The van der Waals surface area contributed by atoms with Gasteiger partial charge in [0.05, 0.1) is 18.5 Å². The lowest BCUT2D eigenvalue weighted by Gasteiger charge is -2.18. The van der Waals surface area contributed by atoms with E-state index in [1.165, 1.54) is 31.5 Å². The van der Waals surface area contributed by atoms with Gasteiger partial charge in [0.2, 0.25) is 0 Å². The molecule has 0 fully saturated rings. The van der Waals surface area contributed by atoms with Gasteiger partial charge in [-0.25, -0.2) is 8.78 Å². The van der Waals surface area contributed by atoms with Gasteiger partial charge < -0.3 is 14.5 Å². The van der Waals surface area contributed by atoms with E-state index in [9.17, 15) is 31.5 Å². The third-order valence-corrected chi connectivity index (χ3v) is 4.48. The summed E-state index contributed by atoms with van der Waals surface area (Å²) in [6.07, 6.45) is -4.32. The van der Waals surface area contributed by atoms with Crippen LogP contribution in [0.15, 0.2) is 53.5 Å². The smallest absolute Gasteiger partial charge is 0.491 e. The van der Waals surface area contributed by atoms with Gasteiger partial charge in [0, 0.05) is 18.5 Å². The summed E-state index contributed by atoms with van der Waals surface area (Å²) >= 11 is 0. The third kappa shape index (κ3) is 5.29. The van der Waals surface area contributed by atoms with Gasteiger partial charge in [-0.1, -0.05) is 6.07 Å². The highest BCUT2D eigenvalue weighted by atomic mass is 19.4. The lowest BCUT2D eigenvalue weighted by molar-refractivity contribution is -0.275. The average molecular weight is 454 g/mol. The molecule has 3 aromatic rings. The summed E-state index contributed by atoms with van der Waals surface area (Å²) in [5, 5.41) is 0. The van der Waals surface area contributed by atoms with Crippen molar-refractivity contribution in [3.05, 3.63) is 87.6 Å². The van der Waals surface area contributed by atoms with Gasteiger partial charge in [0.25, 0.3) is 5.56 Å². The fraction of sp³-hybridized carbons (Fsp3) is 0.190. The predicted molar refractivity (Wildman–Crippen MR) is 102 cm³/mol. The van der Waals surface area contributed by atoms with Crippen molar-refractivity contribution in [3.63, 3.8) is 0 Å². The largest absolute Gasteiger partial charge is 0.573 e. The molecule has 3 rings (SSSR count). The fourth-order valence-electron chi connectivity index (χ4n) is 3.05. The number of hydrogen-bond acceptors (Lipinski definition) is 5. The van der Waals surface area contributed by atoms with Crippen LogP contribution in [-0.2, 0) is 0 Å². The zero-order valence-corrected chi connectivity index (χ0v) is 16.4. The summed E-state index contributed by atoms with van der Waals surface area (Å²) < 4.78 is 74.4. The van der Waals surface area contributed by atoms with Crippen molar-refractivity contribution >= 4 is 5.78 Å². The Morgan fingerprint density at radius 1 is 1.09 bits per heavy atom. The van der Waals surface area contributed by atoms with E-state index in [-0.39, 0.29) is 22.7 Å². The van der Waals surface area contributed by atoms with E-state index in [1.54, 1.807) is 0 Å². The Morgan fingerprint density at radius 2 is 1.81 bits per heavy atom. The molecule has 0 aliphatic heterocycles. The van der Waals surface area contributed by atoms with Gasteiger partial charge in [-0.15, -0.1) is 13.2 Å². The number of hydrogen-bond donors (Lipinski definition) is 1. The molecule has 0 amide bonds. The summed E-state index contributed by atoms with van der Waals surface area (Å²) in [5.74, 6) is -5.07. The molecular weight excluding hydrogens is 439 g/mol. The van der Waals surface area contributed by atoms with Crippen LogP contribution in [0.1, 0.15) is 34.1 Å². The normalized spacial score (nSPS) is 12.3. The maximum atomic E-state index is 14.4. The highest BCUT2D eigenvalue weighted by molar-refractivity contribution is 5.95. The number of ketones is 1. The van der Waals surface area contributed by atoms with Crippen LogP contribution in [-0.4, -0.2) is 29.2 Å². The molecule has 0 saturated carbocycles. The first-order chi connectivity index (χ1) is 15.1. The average Bonchev–Trinajstić information content (AvgIpc) is 2.73. The van der Waals surface area contributed by atoms with Crippen molar-refractivity contribution < 1.29 is 36.2 Å². The maximum Gasteiger partial charge on any atom is 0.573 e. The van der Waals surface area contributed by atoms with Gasteiger partial charge in [0.15, 0.2) is 23.1 Å². The Labute approximate surface area is 177 Å². The first-order valence-corrected chi connectivity index (χ1v) is 9.05. The van der Waals surface area contributed by atoms with Crippen LogP contribution in [0.3, 0.4) is 0 Å². The van der Waals surface area contributed by atoms with E-state index in [2.05, 4.69) is 14.7 Å². The number of alkyl halides is 3. The topological polar surface area (TPSA) is 81.3 Å². The molecular formula is C21H15F5N2O4. The zero-order valence-electron chi connectivity index (χ0n) is 16.4. The Hall–Kier alpha value is -3.76. The van der Waals surface area contributed by atoms with Crippen LogP contribution in [0.5, 0.6) is 11.5 Å². The fourth-order valence-corrected chi connectivity index (χ4v) is 3.05. The standard InChI is InChI=1S/C21H15F5N2O4/c1-31-18-7-5-15(28-20(18)30)16(29)10-12(19-13(22)3-2-8-27-19)11-4-6-17(14(23)9-11)32-21(24,25)26/h2-9,12H,10H2,1H3,(H,28,30)/t12-/m0/s1. The Morgan fingerprint density at radius 3 is 2.41 bits per heavy atom. The molecule has 6 nitrogen and oxygen atoms in total. The molecule has 1 atom stereocenters. The van der Waals surface area contributed by atoms with E-state index in [1.807, 2.05) is 0 Å². The number of carbonyl (C=O) groups is 1. The highest BCUT2D eigenvalue weighted by Gasteiger charge is 2.33.